The fourth-order valence-corrected chi connectivity index (χ4v) is 2.76. The van der Waals surface area contributed by atoms with Crippen LogP contribution in [0.4, 0.5) is 4.39 Å². The molecule has 0 unspecified atom stereocenters. The molecule has 0 heterocycles. The topological polar surface area (TPSA) is 63.5 Å². The molecule has 0 aliphatic rings. The Kier molecular flexibility index (Phi) is 8.93. The molecule has 2 N–H and O–H groups in total. The lowest BCUT2D eigenvalue weighted by Gasteiger charge is -2.30. The van der Waals surface area contributed by atoms with Gasteiger partial charge < -0.3 is 10.6 Å². The van der Waals surface area contributed by atoms with Crippen LogP contribution in [0.5, 0.6) is 0 Å². The lowest BCUT2D eigenvalue weighted by atomic mass is 10.1. The van der Waals surface area contributed by atoms with Crippen LogP contribution in [0.25, 0.3) is 0 Å². The zero-order chi connectivity index (χ0) is 18.8. The van der Waals surface area contributed by atoms with Gasteiger partial charge in [-0.1, -0.05) is 0 Å². The van der Waals surface area contributed by atoms with E-state index in [2.05, 4.69) is 48.2 Å². The third-order valence-corrected chi connectivity index (χ3v) is 4.06. The molecule has 1 rings (SSSR count). The SMILES string of the molecule is CN=C(NCCCN(C(C)C)C(C)C)NCc1cc(C#N)ccc1F. The molecule has 0 aliphatic carbocycles. The van der Waals surface area contributed by atoms with Gasteiger partial charge in [0.1, 0.15) is 5.82 Å². The van der Waals surface area contributed by atoms with E-state index in [0.29, 0.717) is 29.2 Å². The molecule has 0 saturated carbocycles. The van der Waals surface area contributed by atoms with Crippen molar-refractivity contribution in [1.82, 2.24) is 15.5 Å². The smallest absolute Gasteiger partial charge is 0.191 e. The van der Waals surface area contributed by atoms with Gasteiger partial charge >= 0.3 is 0 Å². The third-order valence-electron chi connectivity index (χ3n) is 4.06. The van der Waals surface area contributed by atoms with Crippen LogP contribution in [-0.4, -0.2) is 43.1 Å². The quantitative estimate of drug-likeness (QED) is 0.431. The first kappa shape index (κ1) is 20.9. The van der Waals surface area contributed by atoms with E-state index in [9.17, 15) is 4.39 Å². The van der Waals surface area contributed by atoms with E-state index in [0.717, 1.165) is 19.5 Å². The van der Waals surface area contributed by atoms with Crippen molar-refractivity contribution in [3.05, 3.63) is 35.1 Å². The van der Waals surface area contributed by atoms with Crippen LogP contribution >= 0.6 is 0 Å². The van der Waals surface area contributed by atoms with E-state index in [1.807, 2.05) is 6.07 Å². The van der Waals surface area contributed by atoms with E-state index < -0.39 is 0 Å². The van der Waals surface area contributed by atoms with Gasteiger partial charge in [-0.05, 0) is 52.3 Å². The molecule has 138 valence electrons. The van der Waals surface area contributed by atoms with Crippen molar-refractivity contribution in [3.63, 3.8) is 0 Å². The van der Waals surface area contributed by atoms with Crippen molar-refractivity contribution >= 4 is 5.96 Å². The summed E-state index contributed by atoms with van der Waals surface area (Å²) in [5, 5.41) is 15.2. The first-order chi connectivity index (χ1) is 11.9. The second-order valence-electron chi connectivity index (χ2n) is 6.55. The van der Waals surface area contributed by atoms with Gasteiger partial charge in [0, 0.05) is 44.3 Å². The van der Waals surface area contributed by atoms with Gasteiger partial charge in [-0.15, -0.1) is 0 Å². The molecule has 0 spiro atoms. The Hall–Kier alpha value is -2.13. The highest BCUT2D eigenvalue weighted by molar-refractivity contribution is 5.79. The summed E-state index contributed by atoms with van der Waals surface area (Å²) in [6, 6.07) is 7.41. The van der Waals surface area contributed by atoms with Crippen molar-refractivity contribution in [1.29, 1.82) is 5.26 Å². The summed E-state index contributed by atoms with van der Waals surface area (Å²) >= 11 is 0. The minimum absolute atomic E-state index is 0.283. The maximum atomic E-state index is 13.8. The van der Waals surface area contributed by atoms with E-state index in [4.69, 9.17) is 5.26 Å². The van der Waals surface area contributed by atoms with Crippen LogP contribution in [0.2, 0.25) is 0 Å². The van der Waals surface area contributed by atoms with Gasteiger partial charge in [0.05, 0.1) is 11.6 Å². The number of halogens is 1. The Morgan fingerprint density at radius 3 is 2.48 bits per heavy atom. The van der Waals surface area contributed by atoms with E-state index >= 15 is 0 Å². The number of aliphatic imine (C=N–C) groups is 1. The summed E-state index contributed by atoms with van der Waals surface area (Å²) in [7, 11) is 1.69. The summed E-state index contributed by atoms with van der Waals surface area (Å²) in [4.78, 5) is 6.60. The van der Waals surface area contributed by atoms with Gasteiger partial charge in [-0.2, -0.15) is 5.26 Å². The van der Waals surface area contributed by atoms with E-state index in [-0.39, 0.29) is 12.4 Å². The third kappa shape index (κ3) is 7.10. The first-order valence-corrected chi connectivity index (χ1v) is 8.77. The molecule has 0 amide bonds. The number of rotatable bonds is 8. The van der Waals surface area contributed by atoms with Crippen LogP contribution in [-0.2, 0) is 6.54 Å². The lowest BCUT2D eigenvalue weighted by Crippen LogP contribution is -2.41. The first-order valence-electron chi connectivity index (χ1n) is 8.77. The summed E-state index contributed by atoms with van der Waals surface area (Å²) in [5.41, 5.74) is 0.899. The number of guanidine groups is 1. The molecule has 1 aromatic carbocycles. The van der Waals surface area contributed by atoms with Crippen molar-refractivity contribution < 1.29 is 4.39 Å². The van der Waals surface area contributed by atoms with E-state index in [1.54, 1.807) is 13.1 Å². The second kappa shape index (κ2) is 10.7. The van der Waals surface area contributed by atoms with Crippen LogP contribution in [0.15, 0.2) is 23.2 Å². The monoisotopic (exact) mass is 347 g/mol. The minimum Gasteiger partial charge on any atom is -0.356 e. The highest BCUT2D eigenvalue weighted by Gasteiger charge is 2.12. The van der Waals surface area contributed by atoms with Crippen molar-refractivity contribution in [2.45, 2.75) is 52.7 Å². The highest BCUT2D eigenvalue weighted by atomic mass is 19.1. The Bertz CT molecular complexity index is 596. The molecule has 0 fully saturated rings. The fraction of sp³-hybridized carbons (Fsp3) is 0.579. The molecular weight excluding hydrogens is 317 g/mol. The van der Waals surface area contributed by atoms with Crippen LogP contribution in [0.3, 0.4) is 0 Å². The van der Waals surface area contributed by atoms with Crippen LogP contribution < -0.4 is 10.6 Å². The van der Waals surface area contributed by atoms with Crippen molar-refractivity contribution in [2.24, 2.45) is 4.99 Å². The molecule has 0 aliphatic heterocycles. The average molecular weight is 347 g/mol. The van der Waals surface area contributed by atoms with E-state index in [1.165, 1.54) is 12.1 Å². The second-order valence-corrected chi connectivity index (χ2v) is 6.55. The van der Waals surface area contributed by atoms with Gasteiger partial charge in [0.2, 0.25) is 0 Å². The molecule has 0 bridgehead atoms. The Labute approximate surface area is 150 Å². The standard InChI is InChI=1S/C19H30FN5/c1-14(2)25(15(3)4)10-6-9-23-19(22-5)24-13-17-11-16(12-21)7-8-18(17)20/h7-8,11,14-15H,6,9-10,13H2,1-5H3,(H2,22,23,24). The minimum atomic E-state index is -0.327. The Balaban J connectivity index is 2.45. The van der Waals surface area contributed by atoms with Crippen molar-refractivity contribution in [3.8, 4) is 6.07 Å². The number of nitrogens with zero attached hydrogens (tertiary/aromatic N) is 3. The number of hydrogen-bond donors (Lipinski definition) is 2. The fourth-order valence-electron chi connectivity index (χ4n) is 2.76. The molecule has 0 atom stereocenters. The molecule has 5 nitrogen and oxygen atoms in total. The number of benzene rings is 1. The predicted octanol–water partition coefficient (Wildman–Crippen LogP) is 2.87. The summed E-state index contributed by atoms with van der Waals surface area (Å²) in [6.45, 7) is 10.9. The largest absolute Gasteiger partial charge is 0.356 e. The van der Waals surface area contributed by atoms with Gasteiger partial charge in [0.25, 0.3) is 0 Å². The normalized spacial score (nSPS) is 11.9. The maximum Gasteiger partial charge on any atom is 0.191 e. The molecule has 6 heteroatoms. The molecule has 0 radical (unpaired) electrons. The Morgan fingerprint density at radius 1 is 1.24 bits per heavy atom. The van der Waals surface area contributed by atoms with Crippen LogP contribution in [0.1, 0.15) is 45.2 Å². The molecule has 1 aromatic rings. The molecule has 0 saturated heterocycles. The summed E-state index contributed by atoms with van der Waals surface area (Å²) in [5.74, 6) is 0.300. The molecular formula is C19H30FN5. The Morgan fingerprint density at radius 2 is 1.92 bits per heavy atom. The molecule has 25 heavy (non-hydrogen) atoms. The van der Waals surface area contributed by atoms with Gasteiger partial charge in [-0.25, -0.2) is 4.39 Å². The number of hydrogen-bond acceptors (Lipinski definition) is 3. The zero-order valence-electron chi connectivity index (χ0n) is 15.9. The average Bonchev–Trinajstić information content (AvgIpc) is 2.57. The maximum absolute atomic E-state index is 13.8. The zero-order valence-corrected chi connectivity index (χ0v) is 15.9. The summed E-state index contributed by atoms with van der Waals surface area (Å²) in [6.07, 6.45) is 0.995. The number of nitrogens with one attached hydrogen (secondary N) is 2. The lowest BCUT2D eigenvalue weighted by molar-refractivity contribution is 0.173. The van der Waals surface area contributed by atoms with Crippen LogP contribution in [0, 0.1) is 17.1 Å². The predicted molar refractivity (Wildman–Crippen MR) is 101 cm³/mol. The highest BCUT2D eigenvalue weighted by Crippen LogP contribution is 2.09. The number of nitriles is 1. The van der Waals surface area contributed by atoms with Gasteiger partial charge in [-0.3, -0.25) is 9.89 Å². The molecule has 0 aromatic heterocycles. The summed E-state index contributed by atoms with van der Waals surface area (Å²) < 4.78 is 13.8. The van der Waals surface area contributed by atoms with Crippen molar-refractivity contribution in [2.75, 3.05) is 20.1 Å². The van der Waals surface area contributed by atoms with Gasteiger partial charge in [0.15, 0.2) is 5.96 Å².